The van der Waals surface area contributed by atoms with Crippen LogP contribution in [0, 0.1) is 0 Å². The lowest BCUT2D eigenvalue weighted by Gasteiger charge is -2.05. The van der Waals surface area contributed by atoms with Crippen molar-refractivity contribution in [2.45, 2.75) is 13.3 Å². The van der Waals surface area contributed by atoms with Gasteiger partial charge in [-0.3, -0.25) is 0 Å². The smallest absolute Gasteiger partial charge is 0.373 e. The van der Waals surface area contributed by atoms with Gasteiger partial charge in [0.15, 0.2) is 0 Å². The minimum atomic E-state index is -1.14. The third-order valence-corrected chi connectivity index (χ3v) is 2.85. The molecule has 100 valence electrons. The van der Waals surface area contributed by atoms with Gasteiger partial charge in [-0.1, -0.05) is 18.5 Å². The lowest BCUT2D eigenvalue weighted by Crippen LogP contribution is -1.98. The predicted molar refractivity (Wildman–Crippen MR) is 69.8 cm³/mol. The van der Waals surface area contributed by atoms with Crippen LogP contribution in [0.4, 0.5) is 0 Å². The fourth-order valence-corrected chi connectivity index (χ4v) is 1.89. The highest BCUT2D eigenvalue weighted by atomic mass is 35.5. The van der Waals surface area contributed by atoms with Gasteiger partial charge in [0.2, 0.25) is 11.7 Å². The lowest BCUT2D eigenvalue weighted by molar-refractivity contribution is 0.0662. The second-order valence-electron chi connectivity index (χ2n) is 3.80. The van der Waals surface area contributed by atoms with Crippen molar-refractivity contribution in [2.75, 3.05) is 7.11 Å². The van der Waals surface area contributed by atoms with Gasteiger partial charge in [0.25, 0.3) is 0 Å². The monoisotopic (exact) mass is 281 g/mol. The maximum Gasteiger partial charge on any atom is 0.373 e. The van der Waals surface area contributed by atoms with E-state index in [9.17, 15) is 4.79 Å². The van der Waals surface area contributed by atoms with E-state index in [0.717, 1.165) is 0 Å². The van der Waals surface area contributed by atoms with Crippen molar-refractivity contribution in [3.63, 3.8) is 0 Å². The molecule has 0 aliphatic heterocycles. The first-order valence-electron chi connectivity index (χ1n) is 5.63. The van der Waals surface area contributed by atoms with E-state index < -0.39 is 5.97 Å². The molecule has 1 heterocycles. The summed E-state index contributed by atoms with van der Waals surface area (Å²) in [5.41, 5.74) is 0.918. The van der Waals surface area contributed by atoms with Gasteiger partial charge in [0.1, 0.15) is 5.75 Å². The minimum Gasteiger partial charge on any atom is -0.496 e. The van der Waals surface area contributed by atoms with Crippen LogP contribution < -0.4 is 4.74 Å². The van der Waals surface area contributed by atoms with Crippen LogP contribution in [0.25, 0.3) is 11.5 Å². The number of rotatable bonds is 4. The number of hydrogen-bond donors (Lipinski definition) is 1. The Hall–Kier alpha value is -2.01. The zero-order chi connectivity index (χ0) is 14.0. The molecule has 0 saturated carbocycles. The Morgan fingerprint density at radius 1 is 1.53 bits per heavy atom. The molecule has 19 heavy (non-hydrogen) atoms. The summed E-state index contributed by atoms with van der Waals surface area (Å²) >= 11 is 5.93. The van der Waals surface area contributed by atoms with E-state index in [0.29, 0.717) is 28.5 Å². The lowest BCUT2D eigenvalue weighted by atomic mass is 10.2. The van der Waals surface area contributed by atoms with Crippen molar-refractivity contribution < 1.29 is 19.1 Å². The van der Waals surface area contributed by atoms with Crippen molar-refractivity contribution in [2.24, 2.45) is 0 Å². The minimum absolute atomic E-state index is 0.153. The normalized spacial score (nSPS) is 10.5. The number of hydrogen-bond acceptors (Lipinski definition) is 4. The highest BCUT2D eigenvalue weighted by molar-refractivity contribution is 6.30. The van der Waals surface area contributed by atoms with E-state index >= 15 is 0 Å². The molecule has 0 amide bonds. The van der Waals surface area contributed by atoms with Gasteiger partial charge in [-0.05, 0) is 24.6 Å². The molecule has 0 spiro atoms. The van der Waals surface area contributed by atoms with Crippen molar-refractivity contribution in [1.82, 2.24) is 4.98 Å². The van der Waals surface area contributed by atoms with E-state index in [4.69, 9.17) is 25.9 Å². The number of aryl methyl sites for hydroxylation is 1. The molecule has 0 fully saturated rings. The number of aromatic carboxylic acids is 1. The average Bonchev–Trinajstić information content (AvgIpc) is 2.82. The SMILES string of the molecule is CCc1nc(-c2cc(Cl)ccc2OC)oc1C(=O)O. The zero-order valence-corrected chi connectivity index (χ0v) is 11.2. The standard InChI is InChI=1S/C13H12ClNO4/c1-3-9-11(13(16)17)19-12(15-9)8-6-7(14)4-5-10(8)18-2/h4-6H,3H2,1-2H3,(H,16,17). The highest BCUT2D eigenvalue weighted by Gasteiger charge is 2.21. The highest BCUT2D eigenvalue weighted by Crippen LogP contribution is 2.33. The molecule has 2 aromatic rings. The molecule has 0 saturated heterocycles. The fraction of sp³-hybridized carbons (Fsp3) is 0.231. The Morgan fingerprint density at radius 3 is 2.79 bits per heavy atom. The number of carbonyl (C=O) groups is 1. The van der Waals surface area contributed by atoms with Gasteiger partial charge >= 0.3 is 5.97 Å². The van der Waals surface area contributed by atoms with Gasteiger partial charge in [0, 0.05) is 5.02 Å². The molecule has 0 aliphatic carbocycles. The molecule has 5 nitrogen and oxygen atoms in total. The average molecular weight is 282 g/mol. The molecular weight excluding hydrogens is 270 g/mol. The first-order chi connectivity index (χ1) is 9.06. The fourth-order valence-electron chi connectivity index (χ4n) is 1.72. The number of nitrogens with zero attached hydrogens (tertiary/aromatic N) is 1. The van der Waals surface area contributed by atoms with Gasteiger partial charge in [-0.2, -0.15) is 0 Å². The largest absolute Gasteiger partial charge is 0.496 e. The van der Waals surface area contributed by atoms with Gasteiger partial charge in [-0.25, -0.2) is 9.78 Å². The number of halogens is 1. The van der Waals surface area contributed by atoms with E-state index in [2.05, 4.69) is 4.98 Å². The Balaban J connectivity index is 2.59. The topological polar surface area (TPSA) is 72.6 Å². The zero-order valence-electron chi connectivity index (χ0n) is 10.4. The third kappa shape index (κ3) is 2.56. The second kappa shape index (κ2) is 5.32. The molecule has 0 atom stereocenters. The summed E-state index contributed by atoms with van der Waals surface area (Å²) in [4.78, 5) is 15.2. The number of ether oxygens (including phenoxy) is 1. The summed E-state index contributed by atoms with van der Waals surface area (Å²) in [5.74, 6) is -0.588. The molecule has 1 N–H and O–H groups in total. The predicted octanol–water partition coefficient (Wildman–Crippen LogP) is 3.26. The van der Waals surface area contributed by atoms with Gasteiger partial charge in [-0.15, -0.1) is 0 Å². The summed E-state index contributed by atoms with van der Waals surface area (Å²) in [7, 11) is 1.51. The summed E-state index contributed by atoms with van der Waals surface area (Å²) in [6.45, 7) is 1.81. The van der Waals surface area contributed by atoms with E-state index in [1.165, 1.54) is 7.11 Å². The molecule has 1 aromatic carbocycles. The molecule has 0 unspecified atom stereocenters. The summed E-state index contributed by atoms with van der Waals surface area (Å²) in [5, 5.41) is 9.54. The maximum atomic E-state index is 11.1. The number of aromatic nitrogens is 1. The number of carboxylic acid groups (broad SMARTS) is 1. The van der Waals surface area contributed by atoms with Crippen LogP contribution >= 0.6 is 11.6 Å². The second-order valence-corrected chi connectivity index (χ2v) is 4.23. The van der Waals surface area contributed by atoms with Crippen molar-refractivity contribution >= 4 is 17.6 Å². The first kappa shape index (κ1) is 13.4. The van der Waals surface area contributed by atoms with Crippen molar-refractivity contribution in [3.8, 4) is 17.2 Å². The Kier molecular flexibility index (Phi) is 3.76. The number of carboxylic acids is 1. The van der Waals surface area contributed by atoms with Crippen LogP contribution in [0.3, 0.4) is 0 Å². The van der Waals surface area contributed by atoms with Crippen LogP contribution in [0.5, 0.6) is 5.75 Å². The number of oxazole rings is 1. The Morgan fingerprint density at radius 2 is 2.26 bits per heavy atom. The molecule has 0 bridgehead atoms. The number of benzene rings is 1. The molecular formula is C13H12ClNO4. The van der Waals surface area contributed by atoms with Crippen LogP contribution in [0.1, 0.15) is 23.2 Å². The van der Waals surface area contributed by atoms with Crippen LogP contribution in [-0.4, -0.2) is 23.2 Å². The quantitative estimate of drug-likeness (QED) is 0.931. The van der Waals surface area contributed by atoms with Crippen LogP contribution in [0.15, 0.2) is 22.6 Å². The summed E-state index contributed by atoms with van der Waals surface area (Å²) < 4.78 is 10.5. The molecule has 0 radical (unpaired) electrons. The van der Waals surface area contributed by atoms with E-state index in [1.807, 2.05) is 6.92 Å². The van der Waals surface area contributed by atoms with Gasteiger partial charge < -0.3 is 14.3 Å². The van der Waals surface area contributed by atoms with E-state index in [1.54, 1.807) is 18.2 Å². The van der Waals surface area contributed by atoms with Gasteiger partial charge in [0.05, 0.1) is 18.4 Å². The van der Waals surface area contributed by atoms with Crippen LogP contribution in [0.2, 0.25) is 5.02 Å². The molecule has 0 aliphatic rings. The number of methoxy groups -OCH3 is 1. The van der Waals surface area contributed by atoms with E-state index in [-0.39, 0.29) is 11.7 Å². The van der Waals surface area contributed by atoms with Crippen molar-refractivity contribution in [3.05, 3.63) is 34.7 Å². The Bertz CT molecular complexity index is 621. The third-order valence-electron chi connectivity index (χ3n) is 2.62. The Labute approximate surface area is 114 Å². The maximum absolute atomic E-state index is 11.1. The van der Waals surface area contributed by atoms with Crippen molar-refractivity contribution in [1.29, 1.82) is 0 Å². The molecule has 2 rings (SSSR count). The van der Waals surface area contributed by atoms with Crippen LogP contribution in [-0.2, 0) is 6.42 Å². The molecule has 1 aromatic heterocycles. The molecule has 6 heteroatoms. The first-order valence-corrected chi connectivity index (χ1v) is 6.01. The summed E-state index contributed by atoms with van der Waals surface area (Å²) in [6, 6.07) is 4.97. The summed E-state index contributed by atoms with van der Waals surface area (Å²) in [6.07, 6.45) is 0.466.